The largest absolute Gasteiger partial charge is 0.356 e. The summed E-state index contributed by atoms with van der Waals surface area (Å²) in [6.07, 6.45) is 3.56. The molecule has 1 amide bonds. The predicted octanol–water partition coefficient (Wildman–Crippen LogP) is 0.964. The molecule has 1 saturated heterocycles. The van der Waals surface area contributed by atoms with Crippen molar-refractivity contribution < 1.29 is 13.2 Å². The molecule has 0 radical (unpaired) electrons. The highest BCUT2D eigenvalue weighted by Gasteiger charge is 2.31. The third kappa shape index (κ3) is 4.24. The number of amides is 1. The van der Waals surface area contributed by atoms with Crippen LogP contribution in [0.15, 0.2) is 0 Å². The van der Waals surface area contributed by atoms with Crippen molar-refractivity contribution in [2.45, 2.75) is 39.5 Å². The summed E-state index contributed by atoms with van der Waals surface area (Å²) in [6, 6.07) is 0. The maximum atomic E-state index is 11.9. The van der Waals surface area contributed by atoms with E-state index in [1.54, 1.807) is 6.92 Å². The van der Waals surface area contributed by atoms with Crippen molar-refractivity contribution in [3.63, 3.8) is 0 Å². The van der Waals surface area contributed by atoms with E-state index in [0.717, 1.165) is 25.7 Å². The van der Waals surface area contributed by atoms with Gasteiger partial charge in [0.2, 0.25) is 15.9 Å². The van der Waals surface area contributed by atoms with Crippen molar-refractivity contribution in [2.75, 3.05) is 25.4 Å². The van der Waals surface area contributed by atoms with Gasteiger partial charge < -0.3 is 5.32 Å². The fourth-order valence-electron chi connectivity index (χ4n) is 2.12. The molecule has 1 N–H and O–H groups in total. The first-order chi connectivity index (χ1) is 8.51. The molecule has 1 atom stereocenters. The molecule has 5 nitrogen and oxygen atoms in total. The number of hydrogen-bond acceptors (Lipinski definition) is 3. The topological polar surface area (TPSA) is 66.5 Å². The van der Waals surface area contributed by atoms with Gasteiger partial charge in [0.25, 0.3) is 0 Å². The van der Waals surface area contributed by atoms with Crippen molar-refractivity contribution in [2.24, 2.45) is 5.92 Å². The lowest BCUT2D eigenvalue weighted by molar-refractivity contribution is -0.126. The van der Waals surface area contributed by atoms with Gasteiger partial charge in [0.15, 0.2) is 0 Å². The molecule has 1 heterocycles. The summed E-state index contributed by atoms with van der Waals surface area (Å²) in [5.74, 6) is -0.0756. The van der Waals surface area contributed by atoms with Gasteiger partial charge in [-0.25, -0.2) is 12.7 Å². The van der Waals surface area contributed by atoms with Gasteiger partial charge >= 0.3 is 0 Å². The zero-order chi connectivity index (χ0) is 13.6. The van der Waals surface area contributed by atoms with Gasteiger partial charge in [0.1, 0.15) is 0 Å². The van der Waals surface area contributed by atoms with Crippen LogP contribution in [0.1, 0.15) is 39.5 Å². The Morgan fingerprint density at radius 1 is 1.39 bits per heavy atom. The van der Waals surface area contributed by atoms with Crippen molar-refractivity contribution in [1.29, 1.82) is 0 Å². The highest BCUT2D eigenvalue weighted by atomic mass is 32.2. The van der Waals surface area contributed by atoms with Gasteiger partial charge in [-0.1, -0.05) is 13.3 Å². The highest BCUT2D eigenvalue weighted by Crippen LogP contribution is 2.19. The third-order valence-electron chi connectivity index (χ3n) is 3.34. The lowest BCUT2D eigenvalue weighted by Crippen LogP contribution is -2.46. The molecule has 1 fully saturated rings. The van der Waals surface area contributed by atoms with Crippen LogP contribution in [0, 0.1) is 5.92 Å². The minimum absolute atomic E-state index is 0.000506. The van der Waals surface area contributed by atoms with Crippen molar-refractivity contribution >= 4 is 15.9 Å². The van der Waals surface area contributed by atoms with E-state index in [1.807, 2.05) is 0 Å². The minimum atomic E-state index is -3.16. The quantitative estimate of drug-likeness (QED) is 0.735. The molecule has 0 aliphatic carbocycles. The second kappa shape index (κ2) is 7.09. The van der Waals surface area contributed by atoms with Gasteiger partial charge in [-0.2, -0.15) is 0 Å². The molecule has 0 bridgehead atoms. The number of carbonyl (C=O) groups excluding carboxylic acids is 1. The normalized spacial score (nSPS) is 21.8. The van der Waals surface area contributed by atoms with Crippen LogP contribution in [0.3, 0.4) is 0 Å². The lowest BCUT2D eigenvalue weighted by atomic mass is 9.99. The zero-order valence-corrected chi connectivity index (χ0v) is 12.1. The van der Waals surface area contributed by atoms with Crippen molar-refractivity contribution in [3.05, 3.63) is 0 Å². The Morgan fingerprint density at radius 3 is 2.72 bits per heavy atom. The van der Waals surface area contributed by atoms with Crippen LogP contribution in [0.5, 0.6) is 0 Å². The number of carbonyl (C=O) groups is 1. The molecular weight excluding hydrogens is 252 g/mol. The average molecular weight is 276 g/mol. The first kappa shape index (κ1) is 15.4. The Balaban J connectivity index is 2.51. The molecule has 0 spiro atoms. The maximum absolute atomic E-state index is 11.9. The third-order valence-corrected chi connectivity index (χ3v) is 5.19. The molecule has 0 unspecified atom stereocenters. The summed E-state index contributed by atoms with van der Waals surface area (Å²) in [7, 11) is -3.16. The van der Waals surface area contributed by atoms with Crippen LogP contribution < -0.4 is 5.32 Å². The number of piperidine rings is 1. The molecule has 1 rings (SSSR count). The van der Waals surface area contributed by atoms with Crippen LogP contribution in [-0.4, -0.2) is 44.0 Å². The molecule has 0 aromatic carbocycles. The first-order valence-corrected chi connectivity index (χ1v) is 8.37. The first-order valence-electron chi connectivity index (χ1n) is 6.76. The van der Waals surface area contributed by atoms with E-state index < -0.39 is 10.0 Å². The summed E-state index contributed by atoms with van der Waals surface area (Å²) >= 11 is 0. The number of rotatable bonds is 6. The average Bonchev–Trinajstić information content (AvgIpc) is 2.39. The smallest absolute Gasteiger partial charge is 0.224 e. The molecule has 18 heavy (non-hydrogen) atoms. The molecule has 1 aliphatic rings. The van der Waals surface area contributed by atoms with Crippen LogP contribution in [0.4, 0.5) is 0 Å². The van der Waals surface area contributed by atoms with E-state index in [0.29, 0.717) is 19.6 Å². The van der Waals surface area contributed by atoms with Gasteiger partial charge in [-0.3, -0.25) is 4.79 Å². The van der Waals surface area contributed by atoms with Crippen molar-refractivity contribution in [3.8, 4) is 0 Å². The van der Waals surface area contributed by atoms with E-state index in [-0.39, 0.29) is 17.6 Å². The Morgan fingerprint density at radius 2 is 2.11 bits per heavy atom. The van der Waals surface area contributed by atoms with Gasteiger partial charge in [-0.15, -0.1) is 0 Å². The molecule has 106 valence electrons. The number of nitrogens with one attached hydrogen (secondary N) is 1. The molecule has 0 aromatic heterocycles. The number of sulfonamides is 1. The molecule has 6 heteroatoms. The molecule has 0 aromatic rings. The summed E-state index contributed by atoms with van der Waals surface area (Å²) < 4.78 is 25.0. The van der Waals surface area contributed by atoms with E-state index in [9.17, 15) is 13.2 Å². The Kier molecular flexibility index (Phi) is 6.08. The summed E-state index contributed by atoms with van der Waals surface area (Å²) in [5, 5.41) is 2.88. The molecule has 1 aliphatic heterocycles. The van der Waals surface area contributed by atoms with Gasteiger partial charge in [-0.05, 0) is 26.2 Å². The van der Waals surface area contributed by atoms with E-state index in [4.69, 9.17) is 0 Å². The lowest BCUT2D eigenvalue weighted by Gasteiger charge is -2.30. The van der Waals surface area contributed by atoms with Crippen LogP contribution in [0.25, 0.3) is 0 Å². The van der Waals surface area contributed by atoms with Gasteiger partial charge in [0.05, 0.1) is 11.7 Å². The SMILES string of the molecule is CCCCNC(=O)[C@H]1CCCN(S(=O)(=O)CC)C1. The minimum Gasteiger partial charge on any atom is -0.356 e. The molecule has 0 saturated carbocycles. The van der Waals surface area contributed by atoms with E-state index >= 15 is 0 Å². The number of unbranched alkanes of at least 4 members (excludes halogenated alkanes) is 1. The second-order valence-electron chi connectivity index (χ2n) is 4.74. The Labute approximate surface area is 110 Å². The van der Waals surface area contributed by atoms with Crippen LogP contribution in [0.2, 0.25) is 0 Å². The fraction of sp³-hybridized carbons (Fsp3) is 0.917. The predicted molar refractivity (Wildman–Crippen MR) is 71.7 cm³/mol. The van der Waals surface area contributed by atoms with E-state index in [1.165, 1.54) is 4.31 Å². The number of hydrogen-bond donors (Lipinski definition) is 1. The monoisotopic (exact) mass is 276 g/mol. The van der Waals surface area contributed by atoms with Crippen molar-refractivity contribution in [1.82, 2.24) is 9.62 Å². The van der Waals surface area contributed by atoms with E-state index in [2.05, 4.69) is 12.2 Å². The Hall–Kier alpha value is -0.620. The maximum Gasteiger partial charge on any atom is 0.224 e. The number of nitrogens with zero attached hydrogens (tertiary/aromatic N) is 1. The fourth-order valence-corrected chi connectivity index (χ4v) is 3.30. The second-order valence-corrected chi connectivity index (χ2v) is 7.00. The summed E-state index contributed by atoms with van der Waals surface area (Å²) in [5.41, 5.74) is 0. The Bertz CT molecular complexity index is 368. The molecular formula is C12H24N2O3S. The summed E-state index contributed by atoms with van der Waals surface area (Å²) in [6.45, 7) is 5.29. The highest BCUT2D eigenvalue weighted by molar-refractivity contribution is 7.89. The van der Waals surface area contributed by atoms with Gasteiger partial charge in [0, 0.05) is 19.6 Å². The zero-order valence-electron chi connectivity index (χ0n) is 11.3. The van der Waals surface area contributed by atoms with Crippen LogP contribution >= 0.6 is 0 Å². The standard InChI is InChI=1S/C12H24N2O3S/c1-3-5-8-13-12(15)11-7-6-9-14(10-11)18(16,17)4-2/h11H,3-10H2,1-2H3,(H,13,15)/t11-/m0/s1. The van der Waals surface area contributed by atoms with Crippen LogP contribution in [-0.2, 0) is 14.8 Å². The summed E-state index contributed by atoms with van der Waals surface area (Å²) in [4.78, 5) is 11.9.